The van der Waals surface area contributed by atoms with E-state index in [1.54, 1.807) is 0 Å². The van der Waals surface area contributed by atoms with Gasteiger partial charge in [0.2, 0.25) is 0 Å². The van der Waals surface area contributed by atoms with Crippen LogP contribution in [-0.4, -0.2) is 6.04 Å². The number of hydrogen-bond donors (Lipinski definition) is 2. The summed E-state index contributed by atoms with van der Waals surface area (Å²) in [6, 6.07) is 0.521. The van der Waals surface area contributed by atoms with Gasteiger partial charge in [0, 0.05) is 6.04 Å². The molecular weight excluding hydrogens is 148 g/mol. The Kier molecular flexibility index (Phi) is 4.02. The van der Waals surface area contributed by atoms with Crippen molar-refractivity contribution in [3.8, 4) is 0 Å². The molecule has 72 valence electrons. The first kappa shape index (κ1) is 10.0. The highest BCUT2D eigenvalue weighted by atomic mass is 15.2. The minimum atomic E-state index is 0.521. The summed E-state index contributed by atoms with van der Waals surface area (Å²) < 4.78 is 0. The van der Waals surface area contributed by atoms with E-state index in [2.05, 4.69) is 19.3 Å². The van der Waals surface area contributed by atoms with Gasteiger partial charge in [-0.05, 0) is 18.3 Å². The molecule has 0 saturated heterocycles. The summed E-state index contributed by atoms with van der Waals surface area (Å²) in [6.07, 6.45) is 6.98. The minimum absolute atomic E-state index is 0.521. The molecule has 0 aromatic rings. The Morgan fingerprint density at radius 3 is 2.33 bits per heavy atom. The summed E-state index contributed by atoms with van der Waals surface area (Å²) in [4.78, 5) is 0. The molecule has 1 aliphatic rings. The van der Waals surface area contributed by atoms with Crippen LogP contribution >= 0.6 is 0 Å². The van der Waals surface area contributed by atoms with E-state index in [1.165, 1.54) is 32.1 Å². The molecule has 2 nitrogen and oxygen atoms in total. The fourth-order valence-electron chi connectivity index (χ4n) is 2.14. The molecule has 1 aliphatic carbocycles. The second kappa shape index (κ2) is 4.83. The Bertz CT molecular complexity index is 117. The molecule has 1 fully saturated rings. The van der Waals surface area contributed by atoms with E-state index in [0.29, 0.717) is 12.0 Å². The predicted molar refractivity (Wildman–Crippen MR) is 52.5 cm³/mol. The van der Waals surface area contributed by atoms with E-state index in [4.69, 9.17) is 5.84 Å². The topological polar surface area (TPSA) is 38.0 Å². The van der Waals surface area contributed by atoms with Crippen LogP contribution < -0.4 is 11.3 Å². The zero-order chi connectivity index (χ0) is 8.97. The molecule has 0 bridgehead atoms. The van der Waals surface area contributed by atoms with Gasteiger partial charge in [-0.25, -0.2) is 0 Å². The second-order valence-electron chi connectivity index (χ2n) is 4.40. The van der Waals surface area contributed by atoms with Gasteiger partial charge in [-0.1, -0.05) is 39.5 Å². The Morgan fingerprint density at radius 1 is 1.33 bits per heavy atom. The third-order valence-corrected chi connectivity index (χ3v) is 3.08. The van der Waals surface area contributed by atoms with Crippen LogP contribution in [0.2, 0.25) is 0 Å². The molecule has 0 radical (unpaired) electrons. The summed E-state index contributed by atoms with van der Waals surface area (Å²) in [6.45, 7) is 4.47. The van der Waals surface area contributed by atoms with Gasteiger partial charge in [-0.3, -0.25) is 11.3 Å². The molecular formula is C10H22N2. The van der Waals surface area contributed by atoms with Gasteiger partial charge in [0.15, 0.2) is 0 Å². The summed E-state index contributed by atoms with van der Waals surface area (Å²) >= 11 is 0. The maximum Gasteiger partial charge on any atom is 0.0236 e. The van der Waals surface area contributed by atoms with Gasteiger partial charge in [-0.15, -0.1) is 0 Å². The van der Waals surface area contributed by atoms with Crippen molar-refractivity contribution in [2.45, 2.75) is 52.0 Å². The Hall–Kier alpha value is -0.0800. The predicted octanol–water partition coefficient (Wildman–Crippen LogP) is 2.05. The first-order chi connectivity index (χ1) is 5.74. The van der Waals surface area contributed by atoms with Crippen LogP contribution in [0.15, 0.2) is 0 Å². The van der Waals surface area contributed by atoms with Crippen molar-refractivity contribution in [1.82, 2.24) is 5.43 Å². The van der Waals surface area contributed by atoms with E-state index in [9.17, 15) is 0 Å². The molecule has 1 atom stereocenters. The summed E-state index contributed by atoms with van der Waals surface area (Å²) in [5.74, 6) is 7.10. The highest BCUT2D eigenvalue weighted by Gasteiger charge is 2.20. The van der Waals surface area contributed by atoms with E-state index < -0.39 is 0 Å². The van der Waals surface area contributed by atoms with Gasteiger partial charge in [0.05, 0.1) is 0 Å². The van der Waals surface area contributed by atoms with Crippen molar-refractivity contribution in [2.75, 3.05) is 0 Å². The smallest absolute Gasteiger partial charge is 0.0236 e. The Balaban J connectivity index is 2.26. The monoisotopic (exact) mass is 170 g/mol. The highest BCUT2D eigenvalue weighted by molar-refractivity contribution is 4.76. The van der Waals surface area contributed by atoms with Crippen molar-refractivity contribution in [2.24, 2.45) is 17.7 Å². The lowest BCUT2D eigenvalue weighted by Gasteiger charge is -2.22. The maximum atomic E-state index is 5.50. The van der Waals surface area contributed by atoms with Crippen LogP contribution in [-0.2, 0) is 0 Å². The van der Waals surface area contributed by atoms with Gasteiger partial charge in [0.1, 0.15) is 0 Å². The van der Waals surface area contributed by atoms with Crippen LogP contribution in [0, 0.1) is 11.8 Å². The molecule has 0 amide bonds. The van der Waals surface area contributed by atoms with E-state index in [0.717, 1.165) is 5.92 Å². The molecule has 1 saturated carbocycles. The van der Waals surface area contributed by atoms with Crippen LogP contribution in [0.1, 0.15) is 46.0 Å². The number of nitrogens with two attached hydrogens (primary N) is 1. The normalized spacial score (nSPS) is 22.0. The van der Waals surface area contributed by atoms with Crippen LogP contribution in [0.5, 0.6) is 0 Å². The quantitative estimate of drug-likeness (QED) is 0.500. The molecule has 1 rings (SSSR count). The van der Waals surface area contributed by atoms with Crippen LogP contribution in [0.3, 0.4) is 0 Å². The third kappa shape index (κ3) is 2.76. The van der Waals surface area contributed by atoms with Crippen molar-refractivity contribution in [1.29, 1.82) is 0 Å². The fraction of sp³-hybridized carbons (Fsp3) is 1.00. The van der Waals surface area contributed by atoms with Crippen molar-refractivity contribution in [3.05, 3.63) is 0 Å². The molecule has 3 N–H and O–H groups in total. The van der Waals surface area contributed by atoms with Crippen molar-refractivity contribution >= 4 is 0 Å². The van der Waals surface area contributed by atoms with E-state index >= 15 is 0 Å². The summed E-state index contributed by atoms with van der Waals surface area (Å²) in [5, 5.41) is 0. The lowest BCUT2D eigenvalue weighted by molar-refractivity contribution is 0.324. The molecule has 0 spiro atoms. The first-order valence-corrected chi connectivity index (χ1v) is 5.20. The first-order valence-electron chi connectivity index (χ1n) is 5.20. The van der Waals surface area contributed by atoms with E-state index in [1.807, 2.05) is 0 Å². The molecule has 0 heterocycles. The van der Waals surface area contributed by atoms with Gasteiger partial charge in [0.25, 0.3) is 0 Å². The van der Waals surface area contributed by atoms with Crippen molar-refractivity contribution < 1.29 is 0 Å². The molecule has 12 heavy (non-hydrogen) atoms. The standard InChI is InChI=1S/C10H22N2/c1-8(2)10(12-11)7-9-5-3-4-6-9/h8-10,12H,3-7,11H2,1-2H3. The number of nitrogens with one attached hydrogen (secondary N) is 1. The van der Waals surface area contributed by atoms with Gasteiger partial charge in [-0.2, -0.15) is 0 Å². The zero-order valence-electron chi connectivity index (χ0n) is 8.34. The fourth-order valence-corrected chi connectivity index (χ4v) is 2.14. The van der Waals surface area contributed by atoms with Crippen LogP contribution in [0.25, 0.3) is 0 Å². The number of hydrazine groups is 1. The number of rotatable bonds is 4. The lowest BCUT2D eigenvalue weighted by Crippen LogP contribution is -2.40. The average Bonchev–Trinajstić information content (AvgIpc) is 2.51. The lowest BCUT2D eigenvalue weighted by atomic mass is 9.92. The Labute approximate surface area is 75.9 Å². The molecule has 0 aromatic heterocycles. The van der Waals surface area contributed by atoms with E-state index in [-0.39, 0.29) is 0 Å². The average molecular weight is 170 g/mol. The minimum Gasteiger partial charge on any atom is -0.271 e. The third-order valence-electron chi connectivity index (χ3n) is 3.08. The SMILES string of the molecule is CC(C)C(CC1CCCC1)NN. The maximum absolute atomic E-state index is 5.50. The van der Waals surface area contributed by atoms with Crippen molar-refractivity contribution in [3.63, 3.8) is 0 Å². The van der Waals surface area contributed by atoms with Gasteiger partial charge < -0.3 is 0 Å². The zero-order valence-corrected chi connectivity index (χ0v) is 8.34. The van der Waals surface area contributed by atoms with Gasteiger partial charge >= 0.3 is 0 Å². The molecule has 2 heteroatoms. The largest absolute Gasteiger partial charge is 0.271 e. The molecule has 1 unspecified atom stereocenters. The number of hydrogen-bond acceptors (Lipinski definition) is 2. The highest BCUT2D eigenvalue weighted by Crippen LogP contribution is 2.29. The molecule has 0 aliphatic heterocycles. The molecule has 0 aromatic carbocycles. The Morgan fingerprint density at radius 2 is 1.92 bits per heavy atom. The summed E-state index contributed by atoms with van der Waals surface area (Å²) in [7, 11) is 0. The summed E-state index contributed by atoms with van der Waals surface area (Å²) in [5.41, 5.74) is 2.93. The van der Waals surface area contributed by atoms with Crippen LogP contribution in [0.4, 0.5) is 0 Å². The second-order valence-corrected chi connectivity index (χ2v) is 4.40.